The van der Waals surface area contributed by atoms with Crippen molar-refractivity contribution in [3.05, 3.63) is 52.2 Å². The zero-order chi connectivity index (χ0) is 30.7. The number of fused-ring (bicyclic) bond motifs is 5. The average Bonchev–Trinajstić information content (AvgIpc) is 3.50. The minimum Gasteiger partial charge on any atom is -0.508 e. The number of phenols is 1. The number of benzene rings is 2. The molecule has 2 unspecified atom stereocenters. The molecule has 0 amide bonds. The Morgan fingerprint density at radius 2 is 2.15 bits per heavy atom. The van der Waals surface area contributed by atoms with Gasteiger partial charge in [-0.05, 0) is 68.7 Å². The molecular formula is C30H34FN7O3. The number of piperidine rings is 2. The number of aromatic nitrogens is 4. The fourth-order valence-corrected chi connectivity index (χ4v) is 6.58. The molecule has 4 aliphatic rings. The van der Waals surface area contributed by atoms with Gasteiger partial charge in [0.2, 0.25) is 0 Å². The third kappa shape index (κ3) is 4.47. The van der Waals surface area contributed by atoms with Crippen molar-refractivity contribution in [3.8, 4) is 17.4 Å². The third-order valence-corrected chi connectivity index (χ3v) is 8.72. The highest BCUT2D eigenvalue weighted by molar-refractivity contribution is 5.95. The number of piperazine rings is 1. The van der Waals surface area contributed by atoms with E-state index in [4.69, 9.17) is 13.8 Å². The summed E-state index contributed by atoms with van der Waals surface area (Å²) in [6, 6.07) is 5.94. The molecule has 0 saturated carbocycles. The van der Waals surface area contributed by atoms with Gasteiger partial charge in [0.1, 0.15) is 29.5 Å². The molecule has 214 valence electrons. The summed E-state index contributed by atoms with van der Waals surface area (Å²) < 4.78 is 45.8. The van der Waals surface area contributed by atoms with Gasteiger partial charge < -0.3 is 25.0 Å². The predicted octanol–water partition coefficient (Wildman–Crippen LogP) is 3.15. The highest BCUT2D eigenvalue weighted by Gasteiger charge is 2.36. The number of likely N-dealkylation sites (tertiary alicyclic amines) is 1. The van der Waals surface area contributed by atoms with Crippen LogP contribution in [0.5, 0.6) is 11.8 Å². The van der Waals surface area contributed by atoms with Crippen molar-refractivity contribution in [1.82, 2.24) is 30.0 Å². The van der Waals surface area contributed by atoms with Crippen LogP contribution in [-0.4, -0.2) is 81.1 Å². The molecule has 0 aliphatic carbocycles. The van der Waals surface area contributed by atoms with Gasteiger partial charge in [-0.1, -0.05) is 13.0 Å². The van der Waals surface area contributed by atoms with Crippen LogP contribution in [0.2, 0.25) is 0 Å². The summed E-state index contributed by atoms with van der Waals surface area (Å²) in [5, 5.41) is 20.1. The molecule has 4 aromatic rings. The molecule has 41 heavy (non-hydrogen) atoms. The van der Waals surface area contributed by atoms with Gasteiger partial charge in [0.25, 0.3) is 5.56 Å². The molecule has 6 heterocycles. The van der Waals surface area contributed by atoms with Crippen LogP contribution in [0.4, 0.5) is 10.2 Å². The van der Waals surface area contributed by atoms with Crippen LogP contribution >= 0.6 is 0 Å². The Hall–Kier alpha value is -3.83. The third-order valence-electron chi connectivity index (χ3n) is 8.72. The molecule has 4 fully saturated rings. The minimum atomic E-state index is -2.24. The van der Waals surface area contributed by atoms with Gasteiger partial charge in [-0.15, -0.1) is 0 Å². The van der Waals surface area contributed by atoms with Crippen molar-refractivity contribution in [2.45, 2.75) is 57.2 Å². The van der Waals surface area contributed by atoms with Crippen LogP contribution in [0.1, 0.15) is 42.3 Å². The molecule has 2 aromatic heterocycles. The van der Waals surface area contributed by atoms with Crippen molar-refractivity contribution in [3.63, 3.8) is 0 Å². The van der Waals surface area contributed by atoms with E-state index < -0.39 is 18.4 Å². The fraction of sp³-hybridized carbons (Fsp3) is 0.467. The van der Waals surface area contributed by atoms with E-state index in [2.05, 4.69) is 20.3 Å². The number of ether oxygens (including phenoxy) is 1. The second-order valence-electron chi connectivity index (χ2n) is 11.2. The molecule has 2 bridgehead atoms. The Morgan fingerprint density at radius 1 is 1.24 bits per heavy atom. The summed E-state index contributed by atoms with van der Waals surface area (Å²) in [6.07, 6.45) is 5.34. The summed E-state index contributed by atoms with van der Waals surface area (Å²) in [4.78, 5) is 27.2. The van der Waals surface area contributed by atoms with E-state index in [1.54, 1.807) is 12.3 Å². The molecule has 4 aliphatic heterocycles. The number of anilines is 1. The highest BCUT2D eigenvalue weighted by atomic mass is 19.1. The first-order valence-corrected chi connectivity index (χ1v) is 14.3. The number of aromatic hydroxyl groups is 1. The maximum Gasteiger partial charge on any atom is 0.319 e. The van der Waals surface area contributed by atoms with Crippen molar-refractivity contribution in [1.29, 1.82) is 0 Å². The maximum atomic E-state index is 14.9. The summed E-state index contributed by atoms with van der Waals surface area (Å²) >= 11 is 0. The largest absolute Gasteiger partial charge is 0.508 e. The maximum absolute atomic E-state index is 14.9. The molecule has 10 nitrogen and oxygen atoms in total. The lowest BCUT2D eigenvalue weighted by molar-refractivity contribution is 0.188. The SMILES string of the molecule is [2H]C([2H])([2H])N1CCC[C@H]1COc1nc(N2CC3CCC2CN3)c2cnn(-c3cc(O)cc4ccc(F)c(CC)c34)c(=O)c2n1. The number of nitrogens with zero attached hydrogens (tertiary/aromatic N) is 6. The molecular weight excluding hydrogens is 525 g/mol. The van der Waals surface area contributed by atoms with E-state index in [1.807, 2.05) is 6.92 Å². The number of nitrogens with one attached hydrogen (secondary N) is 1. The van der Waals surface area contributed by atoms with E-state index in [0.29, 0.717) is 53.5 Å². The van der Waals surface area contributed by atoms with E-state index >= 15 is 0 Å². The first-order chi connectivity index (χ1) is 21.1. The zero-order valence-electron chi connectivity index (χ0n) is 25.8. The van der Waals surface area contributed by atoms with Crippen molar-refractivity contribution >= 4 is 27.5 Å². The Labute approximate surface area is 241 Å². The van der Waals surface area contributed by atoms with Gasteiger partial charge in [0.05, 0.1) is 17.3 Å². The Morgan fingerprint density at radius 3 is 2.90 bits per heavy atom. The Bertz CT molecular complexity index is 1810. The van der Waals surface area contributed by atoms with Crippen LogP contribution in [0.3, 0.4) is 0 Å². The van der Waals surface area contributed by atoms with Gasteiger partial charge >= 0.3 is 6.01 Å². The lowest BCUT2D eigenvalue weighted by Crippen LogP contribution is -2.61. The van der Waals surface area contributed by atoms with Gasteiger partial charge in [0.15, 0.2) is 0 Å². The second kappa shape index (κ2) is 10.2. The van der Waals surface area contributed by atoms with Gasteiger partial charge in [-0.25, -0.2) is 4.39 Å². The van der Waals surface area contributed by atoms with Crippen molar-refractivity contribution in [2.24, 2.45) is 0 Å². The average molecular weight is 563 g/mol. The van der Waals surface area contributed by atoms with Gasteiger partial charge in [-0.2, -0.15) is 19.7 Å². The van der Waals surface area contributed by atoms with Gasteiger partial charge in [-0.3, -0.25) is 4.79 Å². The smallest absolute Gasteiger partial charge is 0.319 e. The zero-order valence-corrected chi connectivity index (χ0v) is 22.8. The van der Waals surface area contributed by atoms with Crippen LogP contribution in [0.25, 0.3) is 27.4 Å². The number of rotatable bonds is 6. The predicted molar refractivity (Wildman–Crippen MR) is 155 cm³/mol. The molecule has 0 spiro atoms. The summed E-state index contributed by atoms with van der Waals surface area (Å²) in [5.74, 6) is 0.0422. The molecule has 2 aromatic carbocycles. The topological polar surface area (TPSA) is 109 Å². The molecule has 0 radical (unpaired) electrons. The summed E-state index contributed by atoms with van der Waals surface area (Å²) in [5.41, 5.74) is 0.149. The van der Waals surface area contributed by atoms with E-state index in [-0.39, 0.29) is 47.7 Å². The van der Waals surface area contributed by atoms with Crippen LogP contribution in [-0.2, 0) is 6.42 Å². The fourth-order valence-electron chi connectivity index (χ4n) is 6.58. The summed E-state index contributed by atoms with van der Waals surface area (Å²) in [7, 11) is 0. The standard InChI is InChI=1S/C30H34FN7O3/c1-3-22-24(31)9-6-17-11-21(39)12-25(26(17)22)38-29(40)27-23(14-33-38)28(37-15-18-7-8-19(37)13-32-18)35-30(34-27)41-16-20-5-4-10-36(20)2/h6,9,11-12,14,18-20,32,39H,3-5,7-8,10,13,15-16H2,1-2H3/t18?,19?,20-/m0/s1/i2D3. The number of hydrogen-bond donors (Lipinski definition) is 2. The number of aryl methyl sites for hydroxylation is 1. The lowest BCUT2D eigenvalue weighted by atomic mass is 9.93. The molecule has 11 heteroatoms. The quantitative estimate of drug-likeness (QED) is 0.366. The van der Waals surface area contributed by atoms with Crippen LogP contribution in [0.15, 0.2) is 35.3 Å². The van der Waals surface area contributed by atoms with Crippen molar-refractivity contribution < 1.29 is 18.3 Å². The first-order valence-electron chi connectivity index (χ1n) is 15.8. The van der Waals surface area contributed by atoms with Crippen molar-refractivity contribution in [2.75, 3.05) is 38.1 Å². The Balaban J connectivity index is 1.37. The number of hydrogen-bond acceptors (Lipinski definition) is 9. The second-order valence-corrected chi connectivity index (χ2v) is 11.2. The normalized spacial score (nSPS) is 24.1. The van der Waals surface area contributed by atoms with Crippen LogP contribution < -0.4 is 20.5 Å². The highest BCUT2D eigenvalue weighted by Crippen LogP contribution is 2.34. The van der Waals surface area contributed by atoms with Crippen LogP contribution in [0, 0.1) is 5.82 Å². The lowest BCUT2D eigenvalue weighted by Gasteiger charge is -2.46. The van der Waals surface area contributed by atoms with E-state index in [0.717, 1.165) is 30.5 Å². The van der Waals surface area contributed by atoms with E-state index in [1.165, 1.54) is 23.1 Å². The van der Waals surface area contributed by atoms with E-state index in [9.17, 15) is 14.3 Å². The number of likely N-dealkylation sites (N-methyl/N-ethyl adjacent to an activating group) is 1. The molecule has 3 atom stereocenters. The minimum absolute atomic E-state index is 0.0183. The number of halogens is 1. The molecule has 2 N–H and O–H groups in total. The molecule has 4 saturated heterocycles. The van der Waals surface area contributed by atoms with Gasteiger partial charge in [0, 0.05) is 46.8 Å². The monoisotopic (exact) mass is 562 g/mol. The Kier molecular flexibility index (Phi) is 5.69. The summed E-state index contributed by atoms with van der Waals surface area (Å²) in [6.45, 7) is 1.59. The number of phenolic OH excluding ortho intramolecular Hbond substituents is 1. The molecule has 8 rings (SSSR count). The first kappa shape index (κ1) is 22.8.